The Morgan fingerprint density at radius 1 is 0.878 bits per heavy atom. The molecule has 2 heterocycles. The molecule has 0 saturated carbocycles. The molecule has 0 radical (unpaired) electrons. The zero-order valence-electron chi connectivity index (χ0n) is 23.3. The third-order valence-corrected chi connectivity index (χ3v) is 6.91. The number of carbonyl (C=O) groups excluding carboxylic acids is 1. The third kappa shape index (κ3) is 5.71. The highest BCUT2D eigenvalue weighted by Gasteiger charge is 2.21. The zero-order valence-corrected chi connectivity index (χ0v) is 23.3. The van der Waals surface area contributed by atoms with Crippen molar-refractivity contribution >= 4 is 27.7 Å². The number of carbonyl (C=O) groups is 1. The van der Waals surface area contributed by atoms with E-state index in [1.54, 1.807) is 63.9 Å². The molecule has 0 saturated heterocycles. The summed E-state index contributed by atoms with van der Waals surface area (Å²) in [5, 5.41) is 14.8. The van der Waals surface area contributed by atoms with Crippen molar-refractivity contribution in [1.29, 1.82) is 0 Å². The van der Waals surface area contributed by atoms with Crippen molar-refractivity contribution in [2.24, 2.45) is 0 Å². The Bertz CT molecular complexity index is 1700. The van der Waals surface area contributed by atoms with E-state index in [4.69, 9.17) is 23.9 Å². The molecule has 1 atom stereocenters. The summed E-state index contributed by atoms with van der Waals surface area (Å²) in [7, 11) is 6.19. The first-order chi connectivity index (χ1) is 20.0. The molecule has 9 nitrogen and oxygen atoms in total. The van der Waals surface area contributed by atoms with Gasteiger partial charge in [0.1, 0.15) is 5.75 Å². The van der Waals surface area contributed by atoms with E-state index in [9.17, 15) is 9.90 Å². The van der Waals surface area contributed by atoms with Gasteiger partial charge in [0.15, 0.2) is 11.5 Å². The highest BCUT2D eigenvalue weighted by Crippen LogP contribution is 2.41. The number of hydrogen-bond acceptors (Lipinski definition) is 8. The average Bonchev–Trinajstić information content (AvgIpc) is 3.02. The Morgan fingerprint density at radius 2 is 1.63 bits per heavy atom. The Kier molecular flexibility index (Phi) is 8.16. The van der Waals surface area contributed by atoms with E-state index >= 15 is 0 Å². The van der Waals surface area contributed by atoms with Crippen molar-refractivity contribution in [2.45, 2.75) is 12.5 Å². The van der Waals surface area contributed by atoms with Crippen molar-refractivity contribution < 1.29 is 28.8 Å². The van der Waals surface area contributed by atoms with Crippen LogP contribution in [0.5, 0.6) is 23.0 Å². The van der Waals surface area contributed by atoms with Gasteiger partial charge in [-0.15, -0.1) is 0 Å². The summed E-state index contributed by atoms with van der Waals surface area (Å²) >= 11 is 0. The van der Waals surface area contributed by atoms with Crippen LogP contribution in [-0.2, 0) is 6.42 Å². The Balaban J connectivity index is 1.53. The molecule has 41 heavy (non-hydrogen) atoms. The van der Waals surface area contributed by atoms with E-state index in [-0.39, 0.29) is 12.5 Å². The smallest absolute Gasteiger partial charge is 0.252 e. The molecule has 0 aliphatic carbocycles. The highest BCUT2D eigenvalue weighted by molar-refractivity contribution is 6.07. The number of para-hydroxylation sites is 1. The second-order valence-corrected chi connectivity index (χ2v) is 9.45. The monoisotopic (exact) mass is 553 g/mol. The van der Waals surface area contributed by atoms with Gasteiger partial charge in [0.05, 0.1) is 63.4 Å². The average molecular weight is 554 g/mol. The molecule has 0 aliphatic rings. The minimum Gasteiger partial charge on any atom is -0.497 e. The van der Waals surface area contributed by atoms with Crippen molar-refractivity contribution in [3.8, 4) is 34.3 Å². The van der Waals surface area contributed by atoms with E-state index in [0.29, 0.717) is 57.1 Å². The maximum absolute atomic E-state index is 13.8. The number of aliphatic hydroxyl groups is 1. The second kappa shape index (κ2) is 12.1. The summed E-state index contributed by atoms with van der Waals surface area (Å²) in [5.41, 5.74) is 3.98. The maximum atomic E-state index is 13.8. The van der Waals surface area contributed by atoms with E-state index in [1.807, 2.05) is 30.3 Å². The van der Waals surface area contributed by atoms with E-state index in [0.717, 1.165) is 16.5 Å². The van der Waals surface area contributed by atoms with Gasteiger partial charge in [0, 0.05) is 22.5 Å². The molecule has 0 fully saturated rings. The number of hydrogen-bond donors (Lipinski definition) is 2. The van der Waals surface area contributed by atoms with Crippen LogP contribution in [0.3, 0.4) is 0 Å². The summed E-state index contributed by atoms with van der Waals surface area (Å²) < 4.78 is 21.9. The first kappa shape index (κ1) is 27.7. The van der Waals surface area contributed by atoms with Gasteiger partial charge in [-0.25, -0.2) is 4.98 Å². The van der Waals surface area contributed by atoms with Crippen LogP contribution in [0.4, 0.5) is 0 Å². The van der Waals surface area contributed by atoms with Crippen molar-refractivity contribution in [3.05, 3.63) is 84.1 Å². The molecule has 0 bridgehead atoms. The van der Waals surface area contributed by atoms with Crippen LogP contribution in [0.2, 0.25) is 0 Å². The first-order valence-corrected chi connectivity index (χ1v) is 13.0. The number of nitrogens with one attached hydrogen (secondary N) is 1. The van der Waals surface area contributed by atoms with Gasteiger partial charge in [-0.2, -0.15) is 0 Å². The van der Waals surface area contributed by atoms with E-state index in [2.05, 4.69) is 10.3 Å². The predicted octanol–water partition coefficient (Wildman–Crippen LogP) is 4.82. The zero-order chi connectivity index (χ0) is 28.9. The van der Waals surface area contributed by atoms with Crippen LogP contribution in [-0.4, -0.2) is 62.1 Å². The Morgan fingerprint density at radius 3 is 2.32 bits per heavy atom. The standard InChI is InChI=1S/C32H31N3O6/c1-38-23-9-10-27-24(15-23)25(16-28(35-27)21-13-29(39-2)31(41-4)30(14-21)40-3)32(37)34-22(18-36)12-19-11-20-7-5-6-8-26(20)33-17-19/h5-11,13-17,22,36H,12,18H2,1-4H3,(H,34,37). The molecule has 1 amide bonds. The number of aromatic nitrogens is 2. The van der Waals surface area contributed by atoms with Crippen molar-refractivity contribution in [1.82, 2.24) is 15.3 Å². The minimum atomic E-state index is -0.538. The number of aliphatic hydroxyl groups excluding tert-OH is 1. The lowest BCUT2D eigenvalue weighted by molar-refractivity contribution is 0.0918. The van der Waals surface area contributed by atoms with Crippen LogP contribution < -0.4 is 24.3 Å². The number of amides is 1. The number of rotatable bonds is 10. The first-order valence-electron chi connectivity index (χ1n) is 13.0. The molecule has 5 aromatic rings. The van der Waals surface area contributed by atoms with Crippen LogP contribution in [0.25, 0.3) is 33.1 Å². The highest BCUT2D eigenvalue weighted by atomic mass is 16.5. The van der Waals surface area contributed by atoms with Gasteiger partial charge in [0.2, 0.25) is 5.75 Å². The summed E-state index contributed by atoms with van der Waals surface area (Å²) in [6.07, 6.45) is 2.18. The van der Waals surface area contributed by atoms with Gasteiger partial charge in [-0.3, -0.25) is 9.78 Å². The molecule has 5 rings (SSSR count). The molecule has 2 N–H and O–H groups in total. The predicted molar refractivity (Wildman–Crippen MR) is 157 cm³/mol. The minimum absolute atomic E-state index is 0.245. The van der Waals surface area contributed by atoms with Gasteiger partial charge in [0.25, 0.3) is 5.91 Å². The molecular formula is C32H31N3O6. The Labute approximate surface area is 237 Å². The van der Waals surface area contributed by atoms with Crippen LogP contribution in [0, 0.1) is 0 Å². The number of nitrogens with zero attached hydrogens (tertiary/aromatic N) is 2. The number of pyridine rings is 2. The fraction of sp³-hybridized carbons (Fsp3) is 0.219. The molecule has 2 aromatic heterocycles. The topological polar surface area (TPSA) is 112 Å². The lowest BCUT2D eigenvalue weighted by Gasteiger charge is -2.18. The lowest BCUT2D eigenvalue weighted by atomic mass is 10.0. The third-order valence-electron chi connectivity index (χ3n) is 6.91. The quantitative estimate of drug-likeness (QED) is 0.253. The fourth-order valence-corrected chi connectivity index (χ4v) is 4.83. The summed E-state index contributed by atoms with van der Waals surface area (Å²) in [6, 6.07) is 19.9. The van der Waals surface area contributed by atoms with Crippen LogP contribution in [0.1, 0.15) is 15.9 Å². The van der Waals surface area contributed by atoms with Crippen molar-refractivity contribution in [3.63, 3.8) is 0 Å². The van der Waals surface area contributed by atoms with Crippen molar-refractivity contribution in [2.75, 3.05) is 35.0 Å². The fourth-order valence-electron chi connectivity index (χ4n) is 4.83. The number of benzene rings is 3. The van der Waals surface area contributed by atoms with Gasteiger partial charge >= 0.3 is 0 Å². The number of methoxy groups -OCH3 is 4. The van der Waals surface area contributed by atoms with Crippen LogP contribution in [0.15, 0.2) is 72.9 Å². The normalized spacial score (nSPS) is 11.7. The van der Waals surface area contributed by atoms with Crippen LogP contribution >= 0.6 is 0 Å². The Hall–Kier alpha value is -4.89. The molecule has 1 unspecified atom stereocenters. The summed E-state index contributed by atoms with van der Waals surface area (Å²) in [5.74, 6) is 1.63. The molecule has 0 spiro atoms. The molecule has 210 valence electrons. The number of ether oxygens (including phenoxy) is 4. The summed E-state index contributed by atoms with van der Waals surface area (Å²) in [4.78, 5) is 23.1. The molecule has 9 heteroatoms. The maximum Gasteiger partial charge on any atom is 0.252 e. The molecule has 0 aliphatic heterocycles. The van der Waals surface area contributed by atoms with Gasteiger partial charge < -0.3 is 29.4 Å². The SMILES string of the molecule is COc1ccc2nc(-c3cc(OC)c(OC)c(OC)c3)cc(C(=O)NC(CO)Cc3cnc4ccccc4c3)c2c1. The van der Waals surface area contributed by atoms with Gasteiger partial charge in [-0.05, 0) is 60.5 Å². The van der Waals surface area contributed by atoms with E-state index < -0.39 is 6.04 Å². The lowest BCUT2D eigenvalue weighted by Crippen LogP contribution is -2.39. The van der Waals surface area contributed by atoms with Gasteiger partial charge in [-0.1, -0.05) is 18.2 Å². The largest absolute Gasteiger partial charge is 0.497 e. The van der Waals surface area contributed by atoms with E-state index in [1.165, 1.54) is 7.11 Å². The molecule has 3 aromatic carbocycles. The number of fused-ring (bicyclic) bond motifs is 2. The summed E-state index contributed by atoms with van der Waals surface area (Å²) in [6.45, 7) is -0.245. The molecular weight excluding hydrogens is 522 g/mol. The second-order valence-electron chi connectivity index (χ2n) is 9.45.